The van der Waals surface area contributed by atoms with Crippen LogP contribution in [0, 0.1) is 0 Å². The summed E-state index contributed by atoms with van der Waals surface area (Å²) in [5.41, 5.74) is 1.65. The molecule has 0 radical (unpaired) electrons. The zero-order valence-corrected chi connectivity index (χ0v) is 19.2. The molecule has 1 aliphatic rings. The third kappa shape index (κ3) is 4.92. The van der Waals surface area contributed by atoms with Gasteiger partial charge in [0.2, 0.25) is 10.0 Å². The van der Waals surface area contributed by atoms with E-state index < -0.39 is 15.9 Å². The number of anilines is 1. The minimum absolute atomic E-state index is 0.222. The number of thiazole rings is 1. The van der Waals surface area contributed by atoms with Gasteiger partial charge < -0.3 is 4.74 Å². The summed E-state index contributed by atoms with van der Waals surface area (Å²) in [6.45, 7) is 1.48. The predicted molar refractivity (Wildman–Crippen MR) is 122 cm³/mol. The Kier molecular flexibility index (Phi) is 6.61. The van der Waals surface area contributed by atoms with Crippen molar-refractivity contribution in [1.29, 1.82) is 0 Å². The first-order chi connectivity index (χ1) is 14.8. The second kappa shape index (κ2) is 9.23. The Morgan fingerprint density at radius 3 is 2.48 bits per heavy atom. The van der Waals surface area contributed by atoms with Crippen LogP contribution in [0.2, 0.25) is 10.0 Å². The largest absolute Gasteiger partial charge is 0.379 e. The van der Waals surface area contributed by atoms with E-state index in [0.29, 0.717) is 47.7 Å². The molecule has 0 aliphatic carbocycles. The second-order valence-corrected chi connectivity index (χ2v) is 10.3. The van der Waals surface area contributed by atoms with Crippen LogP contribution in [0.4, 0.5) is 5.13 Å². The van der Waals surface area contributed by atoms with Crippen LogP contribution in [0.1, 0.15) is 10.4 Å². The number of nitrogens with zero attached hydrogens (tertiary/aromatic N) is 2. The molecule has 2 aromatic carbocycles. The molecule has 0 unspecified atom stereocenters. The Labute approximate surface area is 193 Å². The van der Waals surface area contributed by atoms with Gasteiger partial charge in [0.25, 0.3) is 5.91 Å². The minimum Gasteiger partial charge on any atom is -0.379 e. The van der Waals surface area contributed by atoms with Crippen molar-refractivity contribution in [2.75, 3.05) is 31.6 Å². The van der Waals surface area contributed by atoms with Crippen molar-refractivity contribution in [3.05, 3.63) is 63.5 Å². The first kappa shape index (κ1) is 22.2. The number of halogens is 2. The smallest absolute Gasteiger partial charge is 0.258 e. The topological polar surface area (TPSA) is 88.6 Å². The van der Waals surface area contributed by atoms with Gasteiger partial charge in [0.05, 0.1) is 34.4 Å². The monoisotopic (exact) mass is 497 g/mol. The summed E-state index contributed by atoms with van der Waals surface area (Å²) >= 11 is 13.2. The predicted octanol–water partition coefficient (Wildman–Crippen LogP) is 4.39. The number of ether oxygens (including phenoxy) is 1. The third-order valence-electron chi connectivity index (χ3n) is 4.66. The Bertz CT molecular complexity index is 1210. The normalized spacial score (nSPS) is 15.0. The highest BCUT2D eigenvalue weighted by molar-refractivity contribution is 7.89. The fourth-order valence-corrected chi connectivity index (χ4v) is 5.65. The van der Waals surface area contributed by atoms with E-state index in [1.807, 2.05) is 0 Å². The first-order valence-electron chi connectivity index (χ1n) is 9.25. The minimum atomic E-state index is -3.55. The molecule has 0 bridgehead atoms. The van der Waals surface area contributed by atoms with Gasteiger partial charge >= 0.3 is 0 Å². The van der Waals surface area contributed by atoms with Gasteiger partial charge in [-0.05, 0) is 30.3 Å². The van der Waals surface area contributed by atoms with E-state index in [4.69, 9.17) is 27.9 Å². The van der Waals surface area contributed by atoms with Gasteiger partial charge in [-0.2, -0.15) is 4.31 Å². The molecule has 1 fully saturated rings. The Morgan fingerprint density at radius 1 is 1.10 bits per heavy atom. The Hall–Kier alpha value is -2.01. The van der Waals surface area contributed by atoms with Crippen LogP contribution in [0.15, 0.2) is 52.7 Å². The molecule has 4 rings (SSSR count). The SMILES string of the molecule is O=C(Nc1nc(-c2ccc(S(=O)(=O)N3CCOCC3)cc2)cs1)c1ccc(Cl)cc1Cl. The maximum atomic E-state index is 12.7. The summed E-state index contributed by atoms with van der Waals surface area (Å²) in [5, 5.41) is 5.59. The number of morpholine rings is 1. The lowest BCUT2D eigenvalue weighted by Gasteiger charge is -2.26. The lowest BCUT2D eigenvalue weighted by atomic mass is 10.2. The number of carbonyl (C=O) groups is 1. The summed E-state index contributed by atoms with van der Waals surface area (Å²) in [6, 6.07) is 11.1. The van der Waals surface area contributed by atoms with Crippen molar-refractivity contribution >= 4 is 55.6 Å². The summed E-state index contributed by atoms with van der Waals surface area (Å²) in [7, 11) is -3.55. The van der Waals surface area contributed by atoms with Crippen LogP contribution in [0.25, 0.3) is 11.3 Å². The van der Waals surface area contributed by atoms with Gasteiger partial charge in [0.15, 0.2) is 5.13 Å². The average molecular weight is 498 g/mol. The van der Waals surface area contributed by atoms with Crippen molar-refractivity contribution in [2.24, 2.45) is 0 Å². The maximum Gasteiger partial charge on any atom is 0.258 e. The van der Waals surface area contributed by atoms with E-state index in [2.05, 4.69) is 10.3 Å². The van der Waals surface area contributed by atoms with Gasteiger partial charge in [0.1, 0.15) is 0 Å². The molecular weight excluding hydrogens is 481 g/mol. The molecule has 1 saturated heterocycles. The number of carbonyl (C=O) groups excluding carboxylic acids is 1. The number of benzene rings is 2. The van der Waals surface area contributed by atoms with E-state index in [0.717, 1.165) is 5.56 Å². The molecule has 0 saturated carbocycles. The third-order valence-corrected chi connectivity index (χ3v) is 7.88. The number of rotatable bonds is 5. The number of hydrogen-bond acceptors (Lipinski definition) is 6. The van der Waals surface area contributed by atoms with Crippen LogP contribution < -0.4 is 5.32 Å². The van der Waals surface area contributed by atoms with Crippen molar-refractivity contribution in [3.8, 4) is 11.3 Å². The highest BCUT2D eigenvalue weighted by Crippen LogP contribution is 2.28. The average Bonchev–Trinajstić information content (AvgIpc) is 3.23. The van der Waals surface area contributed by atoms with Crippen LogP contribution in [0.5, 0.6) is 0 Å². The molecule has 7 nitrogen and oxygen atoms in total. The van der Waals surface area contributed by atoms with E-state index >= 15 is 0 Å². The molecule has 1 N–H and O–H groups in total. The van der Waals surface area contributed by atoms with Gasteiger partial charge in [-0.15, -0.1) is 11.3 Å². The lowest BCUT2D eigenvalue weighted by molar-refractivity contribution is 0.0730. The van der Waals surface area contributed by atoms with E-state index in [-0.39, 0.29) is 9.92 Å². The van der Waals surface area contributed by atoms with Gasteiger partial charge in [-0.25, -0.2) is 13.4 Å². The summed E-state index contributed by atoms with van der Waals surface area (Å²) in [6.07, 6.45) is 0. The molecule has 31 heavy (non-hydrogen) atoms. The van der Waals surface area contributed by atoms with Crippen LogP contribution in [-0.4, -0.2) is 49.9 Å². The van der Waals surface area contributed by atoms with Crippen LogP contribution in [-0.2, 0) is 14.8 Å². The van der Waals surface area contributed by atoms with Gasteiger partial charge in [0, 0.05) is 29.1 Å². The van der Waals surface area contributed by atoms with Gasteiger partial charge in [-0.3, -0.25) is 10.1 Å². The number of hydrogen-bond donors (Lipinski definition) is 1. The molecule has 1 aliphatic heterocycles. The number of nitrogens with one attached hydrogen (secondary N) is 1. The van der Waals surface area contributed by atoms with E-state index in [1.54, 1.807) is 41.8 Å². The zero-order chi connectivity index (χ0) is 22.0. The Morgan fingerprint density at radius 2 is 1.81 bits per heavy atom. The molecule has 1 amide bonds. The fourth-order valence-electron chi connectivity index (χ4n) is 3.04. The molecule has 2 heterocycles. The molecule has 0 atom stereocenters. The molecule has 11 heteroatoms. The number of aromatic nitrogens is 1. The van der Waals surface area contributed by atoms with E-state index in [9.17, 15) is 13.2 Å². The quantitative estimate of drug-likeness (QED) is 0.564. The van der Waals surface area contributed by atoms with Crippen molar-refractivity contribution in [2.45, 2.75) is 4.90 Å². The molecule has 0 spiro atoms. The van der Waals surface area contributed by atoms with Crippen LogP contribution in [0.3, 0.4) is 0 Å². The first-order valence-corrected chi connectivity index (χ1v) is 12.3. The second-order valence-electron chi connectivity index (χ2n) is 6.66. The lowest BCUT2D eigenvalue weighted by Crippen LogP contribution is -2.40. The number of amides is 1. The number of sulfonamides is 1. The molecular formula is C20H17Cl2N3O4S2. The summed E-state index contributed by atoms with van der Waals surface area (Å²) in [4.78, 5) is 17.1. The Balaban J connectivity index is 1.48. The summed E-state index contributed by atoms with van der Waals surface area (Å²) in [5.74, 6) is -0.394. The summed E-state index contributed by atoms with van der Waals surface area (Å²) < 4.78 is 32.1. The maximum absolute atomic E-state index is 12.7. The van der Waals surface area contributed by atoms with Crippen molar-refractivity contribution in [3.63, 3.8) is 0 Å². The van der Waals surface area contributed by atoms with Crippen molar-refractivity contribution in [1.82, 2.24) is 9.29 Å². The molecule has 1 aromatic heterocycles. The molecule has 3 aromatic rings. The standard InChI is InChI=1S/C20H17Cl2N3O4S2/c21-14-3-6-16(17(22)11-14)19(26)24-20-23-18(12-30-20)13-1-4-15(5-2-13)31(27,28)25-7-9-29-10-8-25/h1-6,11-12H,7-10H2,(H,23,24,26). The highest BCUT2D eigenvalue weighted by Gasteiger charge is 2.26. The van der Waals surface area contributed by atoms with Gasteiger partial charge in [-0.1, -0.05) is 35.3 Å². The highest BCUT2D eigenvalue weighted by atomic mass is 35.5. The fraction of sp³-hybridized carbons (Fsp3) is 0.200. The van der Waals surface area contributed by atoms with Crippen LogP contribution >= 0.6 is 34.5 Å². The zero-order valence-electron chi connectivity index (χ0n) is 16.0. The van der Waals surface area contributed by atoms with Crippen molar-refractivity contribution < 1.29 is 17.9 Å². The molecule has 162 valence electrons. The van der Waals surface area contributed by atoms with E-state index in [1.165, 1.54) is 21.7 Å².